The van der Waals surface area contributed by atoms with E-state index in [-0.39, 0.29) is 19.8 Å². The molecular formula is H6GaN4. The Morgan fingerprint density at radius 3 is 0.800 bits per heavy atom. The van der Waals surface area contributed by atoms with Crippen LogP contribution in [0, 0.1) is 0 Å². The summed E-state index contributed by atoms with van der Waals surface area (Å²) in [5.74, 6) is 18.0. The fraction of sp³-hybridized carbons (Fsp3) is 0. The van der Waals surface area contributed by atoms with Crippen molar-refractivity contribution < 1.29 is 0 Å². The number of hydrogen-bond acceptors (Lipinski definition) is 2. The third-order valence-electron chi connectivity index (χ3n) is 0. The summed E-state index contributed by atoms with van der Waals surface area (Å²) >= 11 is 0. The summed E-state index contributed by atoms with van der Waals surface area (Å²) in [6.07, 6.45) is 0. The molecule has 0 aromatic rings. The Morgan fingerprint density at radius 2 is 0.800 bits per heavy atom. The largest absolute Gasteiger partial charge is 2.00 e. The Morgan fingerprint density at radius 1 is 0.800 bits per heavy atom. The molecule has 0 aromatic carbocycles. The van der Waals surface area contributed by atoms with E-state index in [1.165, 1.54) is 0 Å². The van der Waals surface area contributed by atoms with E-state index in [4.69, 9.17) is 11.7 Å². The molecule has 0 fully saturated rings. The molecule has 0 unspecified atom stereocenters. The number of nitrogens with one attached hydrogen (secondary N) is 2. The molecule has 0 aliphatic rings. The molecule has 0 aliphatic heterocycles. The Bertz CT molecular complexity index is 3.61. The summed E-state index contributed by atoms with van der Waals surface area (Å²) in [5.41, 5.74) is 0. The molecule has 0 saturated heterocycles. The van der Waals surface area contributed by atoms with E-state index in [9.17, 15) is 0 Å². The molecule has 0 atom stereocenters. The zero-order chi connectivity index (χ0) is 4.00. The fourth-order valence-corrected chi connectivity index (χ4v) is 0. The summed E-state index contributed by atoms with van der Waals surface area (Å²) < 4.78 is 0. The van der Waals surface area contributed by atoms with Crippen molar-refractivity contribution in [3.63, 3.8) is 0 Å². The zero-order valence-corrected chi connectivity index (χ0v) is 5.15. The first kappa shape index (κ1) is 17.9. The van der Waals surface area contributed by atoms with Crippen LogP contribution in [0.3, 0.4) is 0 Å². The minimum absolute atomic E-state index is 0. The minimum atomic E-state index is 0. The molecule has 0 aliphatic carbocycles. The van der Waals surface area contributed by atoms with Gasteiger partial charge in [-0.1, -0.05) is 0 Å². The van der Waals surface area contributed by atoms with Crippen molar-refractivity contribution in [2.24, 2.45) is 11.7 Å². The molecule has 0 spiro atoms. The first-order chi connectivity index (χ1) is 2.00. The normalized spacial score (nSPS) is 2.40. The summed E-state index contributed by atoms with van der Waals surface area (Å²) in [5, 5.41) is 0. The predicted octanol–water partition coefficient (Wildman–Crippen LogP) is -0.556. The first-order valence-corrected chi connectivity index (χ1v) is 0.577. The second-order valence-electron chi connectivity index (χ2n) is 0. The maximum absolute atomic E-state index is 5.25. The summed E-state index contributed by atoms with van der Waals surface area (Å²) in [6, 6.07) is 0. The maximum Gasteiger partial charge on any atom is 2.00 e. The third-order valence-corrected chi connectivity index (χ3v) is 0. The molecule has 0 heterocycles. The van der Waals surface area contributed by atoms with Crippen molar-refractivity contribution >= 4 is 19.8 Å². The Kier molecular flexibility index (Phi) is 853. The van der Waals surface area contributed by atoms with Gasteiger partial charge in [0.2, 0.25) is 0 Å². The smallest absolute Gasteiger partial charge is 0.615 e. The van der Waals surface area contributed by atoms with Gasteiger partial charge in [-0.25, -0.2) is 0 Å². The molecule has 0 aromatic heterocycles. The third kappa shape index (κ3) is 121. The second-order valence-corrected chi connectivity index (χ2v) is 0. The number of nitrogens with two attached hydrogens (primary N) is 2. The Labute approximate surface area is 43.9 Å². The summed E-state index contributed by atoms with van der Waals surface area (Å²) in [6.45, 7) is 0. The SMILES string of the molecule is [Ga+2].[NH-]N.[NH-]N. The fourth-order valence-electron chi connectivity index (χ4n) is 0. The van der Waals surface area contributed by atoms with Gasteiger partial charge in [-0.05, 0) is 0 Å². The van der Waals surface area contributed by atoms with Crippen molar-refractivity contribution in [2.75, 3.05) is 0 Å². The van der Waals surface area contributed by atoms with Gasteiger partial charge in [-0.2, -0.15) is 0 Å². The molecule has 0 rings (SSSR count). The van der Waals surface area contributed by atoms with Gasteiger partial charge >= 0.3 is 19.8 Å². The van der Waals surface area contributed by atoms with Crippen molar-refractivity contribution in [1.82, 2.24) is 0 Å². The quantitative estimate of drug-likeness (QED) is 0.262. The summed E-state index contributed by atoms with van der Waals surface area (Å²) in [7, 11) is 0. The van der Waals surface area contributed by atoms with E-state index < -0.39 is 0 Å². The van der Waals surface area contributed by atoms with E-state index in [2.05, 4.69) is 11.7 Å². The monoisotopic (exact) mass is 131 g/mol. The van der Waals surface area contributed by atoms with Crippen molar-refractivity contribution in [3.8, 4) is 0 Å². The zero-order valence-electron chi connectivity index (χ0n) is 2.73. The minimum Gasteiger partial charge on any atom is -0.615 e. The second kappa shape index (κ2) is 238. The van der Waals surface area contributed by atoms with Crippen LogP contribution in [0.15, 0.2) is 0 Å². The van der Waals surface area contributed by atoms with Crippen LogP contribution < -0.4 is 11.7 Å². The van der Waals surface area contributed by atoms with Gasteiger partial charge in [0.1, 0.15) is 0 Å². The van der Waals surface area contributed by atoms with Gasteiger partial charge in [0.15, 0.2) is 0 Å². The van der Waals surface area contributed by atoms with Crippen LogP contribution in [0.1, 0.15) is 0 Å². The van der Waals surface area contributed by atoms with Crippen LogP contribution in [0.25, 0.3) is 11.7 Å². The molecule has 29 valence electrons. The predicted molar refractivity (Wildman–Crippen MR) is 22.8 cm³/mol. The van der Waals surface area contributed by atoms with Crippen LogP contribution in [-0.4, -0.2) is 19.8 Å². The van der Waals surface area contributed by atoms with E-state index >= 15 is 0 Å². The Hall–Kier alpha value is 0.476. The van der Waals surface area contributed by atoms with Crippen LogP contribution in [0.4, 0.5) is 0 Å². The molecule has 5 heteroatoms. The average molecular weight is 132 g/mol. The van der Waals surface area contributed by atoms with Gasteiger partial charge in [-0.15, -0.1) is 0 Å². The van der Waals surface area contributed by atoms with Crippen LogP contribution in [0.2, 0.25) is 0 Å². The van der Waals surface area contributed by atoms with E-state index in [0.717, 1.165) is 0 Å². The molecule has 0 amide bonds. The molecular weight excluding hydrogens is 126 g/mol. The van der Waals surface area contributed by atoms with Gasteiger partial charge in [0.25, 0.3) is 0 Å². The van der Waals surface area contributed by atoms with Crippen molar-refractivity contribution in [3.05, 3.63) is 11.7 Å². The van der Waals surface area contributed by atoms with Gasteiger partial charge in [0.05, 0.1) is 0 Å². The number of hydrogen-bond donors (Lipinski definition) is 2. The van der Waals surface area contributed by atoms with E-state index in [1.54, 1.807) is 0 Å². The van der Waals surface area contributed by atoms with Crippen molar-refractivity contribution in [2.45, 2.75) is 0 Å². The molecule has 0 bridgehead atoms. The van der Waals surface area contributed by atoms with Gasteiger partial charge < -0.3 is 23.4 Å². The average Bonchev–Trinajstić information content (AvgIpc) is 1.50. The van der Waals surface area contributed by atoms with Crippen LogP contribution in [0.5, 0.6) is 0 Å². The number of rotatable bonds is 0. The molecule has 0 saturated carbocycles. The van der Waals surface area contributed by atoms with Crippen LogP contribution >= 0.6 is 0 Å². The maximum atomic E-state index is 5.25. The molecule has 6 N–H and O–H groups in total. The molecule has 4 nitrogen and oxygen atoms in total. The van der Waals surface area contributed by atoms with E-state index in [1.807, 2.05) is 0 Å². The van der Waals surface area contributed by atoms with Gasteiger partial charge in [-0.3, -0.25) is 0 Å². The van der Waals surface area contributed by atoms with E-state index in [0.29, 0.717) is 0 Å². The standard InChI is InChI=1S/Ga.2H3N2/c;2*1-2/h;2*1H,2H2/q+2;2*-1. The first-order valence-electron chi connectivity index (χ1n) is 0.577. The molecule has 1 radical (unpaired) electrons. The Balaban J connectivity index is -0.0000000133. The van der Waals surface area contributed by atoms with Crippen LogP contribution in [-0.2, 0) is 0 Å². The van der Waals surface area contributed by atoms with Gasteiger partial charge in [0, 0.05) is 0 Å². The van der Waals surface area contributed by atoms with Crippen molar-refractivity contribution in [1.29, 1.82) is 0 Å². The molecule has 5 heavy (non-hydrogen) atoms. The summed E-state index contributed by atoms with van der Waals surface area (Å²) in [4.78, 5) is 0. The topological polar surface area (TPSA) is 99.6 Å².